The maximum atomic E-state index is 12.8. The van der Waals surface area contributed by atoms with Crippen molar-refractivity contribution in [3.8, 4) is 0 Å². The largest absolute Gasteiger partial charge is 0.325 e. The Morgan fingerprint density at radius 2 is 1.76 bits per heavy atom. The Morgan fingerprint density at radius 3 is 2.40 bits per heavy atom. The first-order valence-corrected chi connectivity index (χ1v) is 8.78. The summed E-state index contributed by atoms with van der Waals surface area (Å²) in [5.41, 5.74) is 2.24. The summed E-state index contributed by atoms with van der Waals surface area (Å²) in [5.74, 6) is -0.285. The molecule has 130 valence electrons. The third-order valence-electron chi connectivity index (χ3n) is 4.47. The standard InChI is InChI=1S/C19H18Cl2N2O2/c1-12-3-8-16(11-17(12)21)23-10-9-22(13(2)18(23)24)19(25)14-4-6-15(20)7-5-14/h3-8,11,13H,9-10H2,1-2H3. The van der Waals surface area contributed by atoms with Crippen LogP contribution in [0.4, 0.5) is 5.69 Å². The van der Waals surface area contributed by atoms with Crippen LogP contribution in [0, 0.1) is 6.92 Å². The Morgan fingerprint density at radius 1 is 1.08 bits per heavy atom. The van der Waals surface area contributed by atoms with Crippen LogP contribution in [0.3, 0.4) is 0 Å². The molecule has 1 saturated heterocycles. The van der Waals surface area contributed by atoms with Gasteiger partial charge in [0.2, 0.25) is 5.91 Å². The maximum absolute atomic E-state index is 12.8. The molecule has 1 aliphatic rings. The third-order valence-corrected chi connectivity index (χ3v) is 5.13. The summed E-state index contributed by atoms with van der Waals surface area (Å²) in [6.07, 6.45) is 0. The molecule has 0 bridgehead atoms. The minimum atomic E-state index is -0.544. The molecule has 4 nitrogen and oxygen atoms in total. The van der Waals surface area contributed by atoms with Crippen LogP contribution in [0.1, 0.15) is 22.8 Å². The predicted molar refractivity (Wildman–Crippen MR) is 100 cm³/mol. The van der Waals surface area contributed by atoms with Gasteiger partial charge in [0.1, 0.15) is 6.04 Å². The zero-order valence-corrected chi connectivity index (χ0v) is 15.5. The van der Waals surface area contributed by atoms with E-state index in [1.165, 1.54) is 0 Å². The lowest BCUT2D eigenvalue weighted by atomic mass is 10.1. The predicted octanol–water partition coefficient (Wildman–Crippen LogP) is 4.18. The number of hydrogen-bond acceptors (Lipinski definition) is 2. The number of piperazine rings is 1. The van der Waals surface area contributed by atoms with E-state index in [1.54, 1.807) is 47.1 Å². The molecule has 25 heavy (non-hydrogen) atoms. The minimum absolute atomic E-state index is 0.117. The van der Waals surface area contributed by atoms with Gasteiger partial charge < -0.3 is 9.80 Å². The fraction of sp³-hybridized carbons (Fsp3) is 0.263. The highest BCUT2D eigenvalue weighted by Crippen LogP contribution is 2.26. The first-order chi connectivity index (χ1) is 11.9. The molecule has 1 unspecified atom stereocenters. The van der Waals surface area contributed by atoms with E-state index in [9.17, 15) is 9.59 Å². The van der Waals surface area contributed by atoms with Gasteiger partial charge in [-0.1, -0.05) is 29.3 Å². The first kappa shape index (κ1) is 17.8. The van der Waals surface area contributed by atoms with E-state index in [0.717, 1.165) is 11.3 Å². The lowest BCUT2D eigenvalue weighted by Gasteiger charge is -2.39. The van der Waals surface area contributed by atoms with E-state index < -0.39 is 6.04 Å². The van der Waals surface area contributed by atoms with E-state index >= 15 is 0 Å². The normalized spacial score (nSPS) is 17.8. The van der Waals surface area contributed by atoms with Gasteiger partial charge >= 0.3 is 0 Å². The lowest BCUT2D eigenvalue weighted by Crippen LogP contribution is -2.57. The van der Waals surface area contributed by atoms with E-state index in [-0.39, 0.29) is 11.8 Å². The average molecular weight is 377 g/mol. The molecular weight excluding hydrogens is 359 g/mol. The number of benzene rings is 2. The second-order valence-corrected chi connectivity index (χ2v) is 6.95. The van der Waals surface area contributed by atoms with Gasteiger partial charge in [0.25, 0.3) is 5.91 Å². The summed E-state index contributed by atoms with van der Waals surface area (Å²) >= 11 is 12.0. The van der Waals surface area contributed by atoms with Crippen LogP contribution in [-0.4, -0.2) is 35.8 Å². The van der Waals surface area contributed by atoms with Crippen molar-refractivity contribution in [2.75, 3.05) is 18.0 Å². The molecule has 2 aromatic carbocycles. The molecule has 0 N–H and O–H groups in total. The summed E-state index contributed by atoms with van der Waals surface area (Å²) < 4.78 is 0. The molecule has 2 aromatic rings. The Bertz CT molecular complexity index is 821. The molecule has 1 fully saturated rings. The van der Waals surface area contributed by atoms with Crippen molar-refractivity contribution in [2.45, 2.75) is 19.9 Å². The Kier molecular flexibility index (Phi) is 5.02. The topological polar surface area (TPSA) is 40.6 Å². The van der Waals surface area contributed by atoms with Crippen LogP contribution >= 0.6 is 23.2 Å². The van der Waals surface area contributed by atoms with Crippen molar-refractivity contribution in [3.05, 3.63) is 63.6 Å². The molecule has 0 aliphatic carbocycles. The van der Waals surface area contributed by atoms with Crippen LogP contribution in [0.5, 0.6) is 0 Å². The molecule has 0 aromatic heterocycles. The van der Waals surface area contributed by atoms with Gasteiger partial charge in [-0.25, -0.2) is 0 Å². The van der Waals surface area contributed by atoms with E-state index in [4.69, 9.17) is 23.2 Å². The average Bonchev–Trinajstić information content (AvgIpc) is 2.60. The Labute approximate surface area is 156 Å². The van der Waals surface area contributed by atoms with Crippen molar-refractivity contribution in [3.63, 3.8) is 0 Å². The number of carbonyl (C=O) groups excluding carboxylic acids is 2. The zero-order chi connectivity index (χ0) is 18.1. The molecule has 1 aliphatic heterocycles. The van der Waals surface area contributed by atoms with Crippen LogP contribution in [0.25, 0.3) is 0 Å². The fourth-order valence-electron chi connectivity index (χ4n) is 2.91. The summed E-state index contributed by atoms with van der Waals surface area (Å²) in [6, 6.07) is 11.7. The van der Waals surface area contributed by atoms with Gasteiger partial charge in [-0.3, -0.25) is 9.59 Å². The number of rotatable bonds is 2. The second-order valence-electron chi connectivity index (χ2n) is 6.10. The highest BCUT2D eigenvalue weighted by molar-refractivity contribution is 6.31. The molecule has 3 rings (SSSR count). The fourth-order valence-corrected chi connectivity index (χ4v) is 3.21. The lowest BCUT2D eigenvalue weighted by molar-refractivity contribution is -0.124. The zero-order valence-electron chi connectivity index (χ0n) is 14.0. The van der Waals surface area contributed by atoms with Crippen molar-refractivity contribution in [2.24, 2.45) is 0 Å². The summed E-state index contributed by atoms with van der Waals surface area (Å²) in [5, 5.41) is 1.19. The number of aryl methyl sites for hydroxylation is 1. The molecule has 6 heteroatoms. The van der Waals surface area contributed by atoms with Crippen molar-refractivity contribution in [1.82, 2.24) is 4.90 Å². The summed E-state index contributed by atoms with van der Waals surface area (Å²) in [6.45, 7) is 4.55. The van der Waals surface area contributed by atoms with Crippen LogP contribution in [-0.2, 0) is 4.79 Å². The summed E-state index contributed by atoms with van der Waals surface area (Å²) in [7, 11) is 0. The van der Waals surface area contributed by atoms with Crippen molar-refractivity contribution >= 4 is 40.7 Å². The van der Waals surface area contributed by atoms with Crippen molar-refractivity contribution < 1.29 is 9.59 Å². The molecule has 2 amide bonds. The van der Waals surface area contributed by atoms with Gasteiger partial charge in [-0.2, -0.15) is 0 Å². The Hall–Kier alpha value is -2.04. The molecule has 0 saturated carbocycles. The number of halogens is 2. The molecule has 1 heterocycles. The summed E-state index contributed by atoms with van der Waals surface area (Å²) in [4.78, 5) is 28.8. The van der Waals surface area contributed by atoms with Crippen LogP contribution < -0.4 is 4.90 Å². The van der Waals surface area contributed by atoms with E-state index in [2.05, 4.69) is 0 Å². The first-order valence-electron chi connectivity index (χ1n) is 8.02. The highest BCUT2D eigenvalue weighted by atomic mass is 35.5. The number of hydrogen-bond donors (Lipinski definition) is 0. The second kappa shape index (κ2) is 7.06. The van der Waals surface area contributed by atoms with Gasteiger partial charge in [0, 0.05) is 34.4 Å². The third kappa shape index (κ3) is 3.51. The van der Waals surface area contributed by atoms with Gasteiger partial charge in [0.05, 0.1) is 0 Å². The smallest absolute Gasteiger partial charge is 0.254 e. The van der Waals surface area contributed by atoms with Crippen LogP contribution in [0.15, 0.2) is 42.5 Å². The minimum Gasteiger partial charge on any atom is -0.325 e. The SMILES string of the molecule is Cc1ccc(N2CCN(C(=O)c3ccc(Cl)cc3)C(C)C2=O)cc1Cl. The monoisotopic (exact) mass is 376 g/mol. The molecule has 1 atom stereocenters. The van der Waals surface area contributed by atoms with Gasteiger partial charge in [-0.15, -0.1) is 0 Å². The van der Waals surface area contributed by atoms with Gasteiger partial charge in [0.15, 0.2) is 0 Å². The molecule has 0 radical (unpaired) electrons. The maximum Gasteiger partial charge on any atom is 0.254 e. The van der Waals surface area contributed by atoms with E-state index in [1.807, 2.05) is 19.1 Å². The van der Waals surface area contributed by atoms with Gasteiger partial charge in [-0.05, 0) is 55.8 Å². The van der Waals surface area contributed by atoms with Crippen LogP contribution in [0.2, 0.25) is 10.0 Å². The highest BCUT2D eigenvalue weighted by Gasteiger charge is 2.35. The Balaban J connectivity index is 1.80. The number of carbonyl (C=O) groups is 2. The van der Waals surface area contributed by atoms with E-state index in [0.29, 0.717) is 28.7 Å². The number of anilines is 1. The number of amides is 2. The quantitative estimate of drug-likeness (QED) is 0.788. The molecule has 0 spiro atoms. The number of nitrogens with zero attached hydrogens (tertiary/aromatic N) is 2. The van der Waals surface area contributed by atoms with Crippen molar-refractivity contribution in [1.29, 1.82) is 0 Å². The molecular formula is C19H18Cl2N2O2.